The van der Waals surface area contributed by atoms with Crippen molar-refractivity contribution >= 4 is 44.8 Å². The topological polar surface area (TPSA) is 104 Å². The van der Waals surface area contributed by atoms with Crippen LogP contribution in [0.2, 0.25) is 5.02 Å². The highest BCUT2D eigenvalue weighted by atomic mass is 35.5. The summed E-state index contributed by atoms with van der Waals surface area (Å²) in [6.07, 6.45) is -2.15. The molecule has 3 aromatic heterocycles. The predicted molar refractivity (Wildman–Crippen MR) is 160 cm³/mol. The standard InChI is InChI=1S/C31H26ClF5N8/c1-29(2,31(35,36)37)16-41-25-17(13-38)14-40-26-21(25)11-18(12-22(26)32)42-27(20-5-3-7-23-19(20)6-4-10-39-23)24-15-45(44-43-24)30(8-9-30)28(33)34/h3-7,10-12,14-15,27-28,42H,8-9,16H2,1-2H3,(H,40,41)/t27-/m0/s1. The number of benzene rings is 2. The molecular formula is C31H26ClF5N8. The second kappa shape index (κ2) is 11.1. The largest absolute Gasteiger partial charge is 0.395 e. The van der Waals surface area contributed by atoms with Crippen LogP contribution in [-0.2, 0) is 5.54 Å². The number of nitriles is 1. The first kappa shape index (κ1) is 30.5. The summed E-state index contributed by atoms with van der Waals surface area (Å²) >= 11 is 6.65. The molecule has 3 heterocycles. The van der Waals surface area contributed by atoms with Crippen LogP contribution < -0.4 is 10.6 Å². The number of fused-ring (bicyclic) bond motifs is 2. The maximum atomic E-state index is 13.9. The van der Waals surface area contributed by atoms with E-state index in [1.807, 2.05) is 30.3 Å². The van der Waals surface area contributed by atoms with Gasteiger partial charge in [-0.15, -0.1) is 5.10 Å². The van der Waals surface area contributed by atoms with Gasteiger partial charge in [0.15, 0.2) is 0 Å². The van der Waals surface area contributed by atoms with Gasteiger partial charge in [0, 0.05) is 35.4 Å². The van der Waals surface area contributed by atoms with Crippen molar-refractivity contribution in [2.24, 2.45) is 5.41 Å². The minimum atomic E-state index is -4.50. The number of hydrogen-bond donors (Lipinski definition) is 2. The molecule has 14 heteroatoms. The van der Waals surface area contributed by atoms with E-state index in [0.29, 0.717) is 22.3 Å². The van der Waals surface area contributed by atoms with Crippen LogP contribution in [0, 0.1) is 16.7 Å². The van der Waals surface area contributed by atoms with Gasteiger partial charge in [-0.3, -0.25) is 9.97 Å². The lowest BCUT2D eigenvalue weighted by atomic mass is 9.92. The maximum absolute atomic E-state index is 13.9. The number of nitrogens with one attached hydrogen (secondary N) is 2. The van der Waals surface area contributed by atoms with E-state index in [1.165, 1.54) is 17.1 Å². The molecule has 1 aliphatic rings. The zero-order valence-electron chi connectivity index (χ0n) is 24.0. The van der Waals surface area contributed by atoms with Gasteiger partial charge in [0.2, 0.25) is 0 Å². The van der Waals surface area contributed by atoms with Gasteiger partial charge in [0.1, 0.15) is 17.3 Å². The van der Waals surface area contributed by atoms with E-state index < -0.39 is 36.1 Å². The van der Waals surface area contributed by atoms with Crippen LogP contribution in [-0.4, -0.2) is 44.1 Å². The number of hydrogen-bond acceptors (Lipinski definition) is 7. The Hall–Kier alpha value is -4.57. The van der Waals surface area contributed by atoms with E-state index >= 15 is 0 Å². The minimum absolute atomic E-state index is 0.0371. The first-order chi connectivity index (χ1) is 21.3. The summed E-state index contributed by atoms with van der Waals surface area (Å²) in [5, 5.41) is 25.6. The van der Waals surface area contributed by atoms with E-state index in [-0.39, 0.29) is 34.6 Å². The number of rotatable bonds is 9. The lowest BCUT2D eigenvalue weighted by molar-refractivity contribution is -0.206. The Balaban J connectivity index is 1.46. The molecule has 1 fully saturated rings. The minimum Gasteiger partial charge on any atom is -0.382 e. The molecule has 1 saturated carbocycles. The van der Waals surface area contributed by atoms with Crippen LogP contribution in [0.5, 0.6) is 0 Å². The van der Waals surface area contributed by atoms with Gasteiger partial charge in [-0.2, -0.15) is 18.4 Å². The van der Waals surface area contributed by atoms with Crippen LogP contribution in [0.3, 0.4) is 0 Å². The van der Waals surface area contributed by atoms with Gasteiger partial charge >= 0.3 is 6.18 Å². The summed E-state index contributed by atoms with van der Waals surface area (Å²) in [5.41, 5.74) is -0.860. The lowest BCUT2D eigenvalue weighted by Gasteiger charge is -2.28. The summed E-state index contributed by atoms with van der Waals surface area (Å²) in [6.45, 7) is 1.61. The van der Waals surface area contributed by atoms with Crippen LogP contribution in [0.15, 0.2) is 61.1 Å². The highest BCUT2D eigenvalue weighted by molar-refractivity contribution is 6.35. The number of nitrogens with zero attached hydrogens (tertiary/aromatic N) is 6. The fourth-order valence-corrected chi connectivity index (χ4v) is 5.45. The van der Waals surface area contributed by atoms with Gasteiger partial charge in [-0.1, -0.05) is 35.0 Å². The Labute approximate surface area is 259 Å². The Kier molecular flexibility index (Phi) is 7.51. The van der Waals surface area contributed by atoms with E-state index in [2.05, 4.69) is 30.9 Å². The zero-order chi connectivity index (χ0) is 32.1. The molecule has 0 radical (unpaired) electrons. The van der Waals surface area contributed by atoms with E-state index in [9.17, 15) is 27.2 Å². The molecule has 232 valence electrons. The summed E-state index contributed by atoms with van der Waals surface area (Å²) in [5.74, 6) is 0. The second-order valence-corrected chi connectivity index (χ2v) is 12.1. The fraction of sp³-hybridized carbons (Fsp3) is 0.323. The van der Waals surface area contributed by atoms with Crippen molar-refractivity contribution in [3.8, 4) is 6.07 Å². The van der Waals surface area contributed by atoms with Crippen molar-refractivity contribution in [1.29, 1.82) is 5.26 Å². The lowest BCUT2D eigenvalue weighted by Crippen LogP contribution is -2.38. The average Bonchev–Trinajstić information content (AvgIpc) is 3.68. The molecule has 0 amide bonds. The van der Waals surface area contributed by atoms with Crippen LogP contribution in [0.1, 0.15) is 49.6 Å². The third-order valence-electron chi connectivity index (χ3n) is 8.25. The molecule has 0 aliphatic heterocycles. The molecule has 1 aliphatic carbocycles. The van der Waals surface area contributed by atoms with Gasteiger partial charge in [-0.25, -0.2) is 13.5 Å². The van der Waals surface area contributed by atoms with Gasteiger partial charge < -0.3 is 10.6 Å². The molecule has 0 bridgehead atoms. The molecule has 6 rings (SSSR count). The average molecular weight is 641 g/mol. The first-order valence-corrected chi connectivity index (χ1v) is 14.4. The third-order valence-corrected chi connectivity index (χ3v) is 8.54. The number of pyridine rings is 2. The first-order valence-electron chi connectivity index (χ1n) is 14.0. The summed E-state index contributed by atoms with van der Waals surface area (Å²) in [4.78, 5) is 8.72. The van der Waals surface area contributed by atoms with Crippen LogP contribution >= 0.6 is 11.6 Å². The number of aromatic nitrogens is 5. The van der Waals surface area contributed by atoms with E-state index in [0.717, 1.165) is 24.8 Å². The Morgan fingerprint density at radius 3 is 2.56 bits per heavy atom. The van der Waals surface area contributed by atoms with Gasteiger partial charge in [-0.05, 0) is 56.5 Å². The molecule has 45 heavy (non-hydrogen) atoms. The molecule has 2 N–H and O–H groups in total. The van der Waals surface area contributed by atoms with Gasteiger partial charge in [0.25, 0.3) is 6.43 Å². The van der Waals surface area contributed by atoms with Crippen molar-refractivity contribution in [2.75, 3.05) is 17.2 Å². The number of anilines is 2. The number of halogens is 6. The fourth-order valence-electron chi connectivity index (χ4n) is 5.19. The quantitative estimate of drug-likeness (QED) is 0.158. The zero-order valence-corrected chi connectivity index (χ0v) is 24.8. The van der Waals surface area contributed by atoms with Crippen LogP contribution in [0.25, 0.3) is 21.8 Å². The molecule has 8 nitrogen and oxygen atoms in total. The highest BCUT2D eigenvalue weighted by Gasteiger charge is 2.54. The predicted octanol–water partition coefficient (Wildman–Crippen LogP) is 7.86. The summed E-state index contributed by atoms with van der Waals surface area (Å²) in [6, 6.07) is 13.6. The third kappa shape index (κ3) is 5.48. The van der Waals surface area contributed by atoms with Crippen LogP contribution in [0.4, 0.5) is 33.3 Å². The Bertz CT molecular complexity index is 1940. The molecule has 0 unspecified atom stereocenters. The summed E-state index contributed by atoms with van der Waals surface area (Å²) < 4.78 is 70.0. The molecule has 0 saturated heterocycles. The molecule has 5 aromatic rings. The van der Waals surface area contributed by atoms with Gasteiger partial charge in [0.05, 0.1) is 45.0 Å². The molecule has 1 atom stereocenters. The molecular weight excluding hydrogens is 615 g/mol. The highest BCUT2D eigenvalue weighted by Crippen LogP contribution is 2.48. The Morgan fingerprint density at radius 1 is 1.09 bits per heavy atom. The Morgan fingerprint density at radius 2 is 1.87 bits per heavy atom. The SMILES string of the molecule is CC(C)(CNc1c(C#N)cnc2c(Cl)cc(N[C@H](c3cn(C4(C(F)F)CC4)nn3)c3cccc4ncccc34)cc12)C(F)(F)F. The van der Waals surface area contributed by atoms with Crippen molar-refractivity contribution in [3.05, 3.63) is 82.9 Å². The van der Waals surface area contributed by atoms with Crippen molar-refractivity contribution in [1.82, 2.24) is 25.0 Å². The van der Waals surface area contributed by atoms with E-state index in [1.54, 1.807) is 24.4 Å². The van der Waals surface area contributed by atoms with Crippen molar-refractivity contribution in [2.45, 2.75) is 50.9 Å². The monoisotopic (exact) mass is 640 g/mol. The maximum Gasteiger partial charge on any atom is 0.395 e. The molecule has 2 aromatic carbocycles. The van der Waals surface area contributed by atoms with E-state index in [4.69, 9.17) is 11.6 Å². The van der Waals surface area contributed by atoms with Crippen molar-refractivity contribution in [3.63, 3.8) is 0 Å². The molecule has 0 spiro atoms. The number of alkyl halides is 5. The normalized spacial score (nSPS) is 15.3. The van der Waals surface area contributed by atoms with Crippen molar-refractivity contribution < 1.29 is 22.0 Å². The second-order valence-electron chi connectivity index (χ2n) is 11.7. The summed E-state index contributed by atoms with van der Waals surface area (Å²) in [7, 11) is 0. The smallest absolute Gasteiger partial charge is 0.382 e.